The van der Waals surface area contributed by atoms with Crippen LogP contribution >= 0.6 is 27.3 Å². The number of aliphatic hydroxyl groups excluding tert-OH is 1. The Morgan fingerprint density at radius 1 is 1.15 bits per heavy atom. The van der Waals surface area contributed by atoms with E-state index in [-0.39, 0.29) is 6.61 Å². The zero-order chi connectivity index (χ0) is 13.9. The van der Waals surface area contributed by atoms with Gasteiger partial charge in [-0.1, -0.05) is 15.9 Å². The molecule has 0 amide bonds. The summed E-state index contributed by atoms with van der Waals surface area (Å²) in [5.41, 5.74) is 3.14. The number of rotatable bonds is 4. The molecule has 0 saturated heterocycles. The van der Waals surface area contributed by atoms with Crippen molar-refractivity contribution in [2.24, 2.45) is 0 Å². The molecule has 1 heterocycles. The number of halogens is 1. The second-order valence-corrected chi connectivity index (χ2v) is 6.31. The first kappa shape index (κ1) is 13.5. The lowest BCUT2D eigenvalue weighted by Crippen LogP contribution is -2.04. The number of thiazole rings is 1. The van der Waals surface area contributed by atoms with E-state index >= 15 is 0 Å². The molecule has 0 spiro atoms. The van der Waals surface area contributed by atoms with Gasteiger partial charge in [-0.05, 0) is 42.5 Å². The first-order valence-electron chi connectivity index (χ1n) is 6.27. The summed E-state index contributed by atoms with van der Waals surface area (Å²) in [5.74, 6) is 0. The average Bonchev–Trinajstić information content (AvgIpc) is 2.88. The van der Waals surface area contributed by atoms with Gasteiger partial charge in [0.2, 0.25) is 0 Å². The molecule has 3 aromatic rings. The van der Waals surface area contributed by atoms with Gasteiger partial charge in [-0.15, -0.1) is 11.3 Å². The molecule has 5 heteroatoms. The Labute approximate surface area is 129 Å². The van der Waals surface area contributed by atoms with Crippen molar-refractivity contribution in [1.29, 1.82) is 0 Å². The quantitative estimate of drug-likeness (QED) is 0.744. The van der Waals surface area contributed by atoms with Crippen molar-refractivity contribution in [2.75, 3.05) is 18.5 Å². The number of nitrogens with one attached hydrogen (secondary N) is 1. The molecule has 2 aromatic carbocycles. The maximum atomic E-state index is 8.79. The van der Waals surface area contributed by atoms with Crippen LogP contribution in [0.25, 0.3) is 20.8 Å². The zero-order valence-corrected chi connectivity index (χ0v) is 13.0. The van der Waals surface area contributed by atoms with E-state index in [9.17, 15) is 0 Å². The first-order valence-corrected chi connectivity index (χ1v) is 7.88. The molecule has 0 bridgehead atoms. The Hall–Kier alpha value is -1.43. The molecule has 3 rings (SSSR count). The van der Waals surface area contributed by atoms with E-state index in [1.165, 1.54) is 4.70 Å². The number of aromatic nitrogens is 1. The van der Waals surface area contributed by atoms with Crippen LogP contribution in [0.1, 0.15) is 0 Å². The molecule has 0 saturated carbocycles. The fraction of sp³-hybridized carbons (Fsp3) is 0.133. The van der Waals surface area contributed by atoms with Crippen molar-refractivity contribution >= 4 is 43.2 Å². The van der Waals surface area contributed by atoms with Crippen molar-refractivity contribution in [3.63, 3.8) is 0 Å². The molecule has 0 aliphatic rings. The minimum absolute atomic E-state index is 0.133. The lowest BCUT2D eigenvalue weighted by atomic mass is 10.2. The largest absolute Gasteiger partial charge is 0.395 e. The van der Waals surface area contributed by atoms with E-state index in [1.54, 1.807) is 11.3 Å². The fourth-order valence-electron chi connectivity index (χ4n) is 1.95. The topological polar surface area (TPSA) is 45.1 Å². The summed E-state index contributed by atoms with van der Waals surface area (Å²) in [4.78, 5) is 4.65. The van der Waals surface area contributed by atoms with Crippen molar-refractivity contribution in [3.05, 3.63) is 46.9 Å². The van der Waals surface area contributed by atoms with E-state index in [4.69, 9.17) is 5.11 Å². The van der Waals surface area contributed by atoms with Gasteiger partial charge in [-0.3, -0.25) is 0 Å². The standard InChI is InChI=1S/C15H13BrN2OS/c16-11-3-6-13-14(9-11)20-15(18-13)10-1-4-12(5-2-10)17-7-8-19/h1-6,9,17,19H,7-8H2. The molecule has 0 atom stereocenters. The summed E-state index contributed by atoms with van der Waals surface area (Å²) in [6.07, 6.45) is 0. The molecular formula is C15H13BrN2OS. The Morgan fingerprint density at radius 3 is 2.70 bits per heavy atom. The number of fused-ring (bicyclic) bond motifs is 1. The number of nitrogens with zero attached hydrogens (tertiary/aromatic N) is 1. The van der Waals surface area contributed by atoms with Crippen LogP contribution in [0.15, 0.2) is 46.9 Å². The predicted octanol–water partition coefficient (Wildman–Crippen LogP) is 4.13. The van der Waals surface area contributed by atoms with Crippen LogP contribution in [0.4, 0.5) is 5.69 Å². The van der Waals surface area contributed by atoms with Gasteiger partial charge in [0.1, 0.15) is 5.01 Å². The molecule has 0 radical (unpaired) electrons. The van der Waals surface area contributed by atoms with Crippen LogP contribution in [-0.2, 0) is 0 Å². The van der Waals surface area contributed by atoms with Crippen LogP contribution in [0.2, 0.25) is 0 Å². The SMILES string of the molecule is OCCNc1ccc(-c2nc3ccc(Br)cc3s2)cc1. The van der Waals surface area contributed by atoms with Gasteiger partial charge in [-0.25, -0.2) is 4.98 Å². The minimum Gasteiger partial charge on any atom is -0.395 e. The molecule has 2 N–H and O–H groups in total. The highest BCUT2D eigenvalue weighted by atomic mass is 79.9. The lowest BCUT2D eigenvalue weighted by molar-refractivity contribution is 0.311. The molecule has 1 aromatic heterocycles. The third-order valence-corrected chi connectivity index (χ3v) is 4.48. The molecule has 0 aliphatic carbocycles. The van der Waals surface area contributed by atoms with Crippen LogP contribution in [0.5, 0.6) is 0 Å². The monoisotopic (exact) mass is 348 g/mol. The first-order chi connectivity index (χ1) is 9.76. The van der Waals surface area contributed by atoms with Crippen LogP contribution in [0.3, 0.4) is 0 Å². The molecule has 0 fully saturated rings. The molecule has 102 valence electrons. The Kier molecular flexibility index (Phi) is 4.00. The van der Waals surface area contributed by atoms with Crippen molar-refractivity contribution < 1.29 is 5.11 Å². The van der Waals surface area contributed by atoms with Gasteiger partial charge in [-0.2, -0.15) is 0 Å². The van der Waals surface area contributed by atoms with Crippen molar-refractivity contribution in [1.82, 2.24) is 4.98 Å². The fourth-order valence-corrected chi connectivity index (χ4v) is 3.48. The summed E-state index contributed by atoms with van der Waals surface area (Å²) in [5, 5.41) is 12.9. The van der Waals surface area contributed by atoms with Gasteiger partial charge in [0.15, 0.2) is 0 Å². The molecule has 0 unspecified atom stereocenters. The van der Waals surface area contributed by atoms with Crippen molar-refractivity contribution in [2.45, 2.75) is 0 Å². The molecular weight excluding hydrogens is 336 g/mol. The number of hydrogen-bond donors (Lipinski definition) is 2. The third kappa shape index (κ3) is 2.85. The smallest absolute Gasteiger partial charge is 0.124 e. The van der Waals surface area contributed by atoms with Gasteiger partial charge in [0.05, 0.1) is 16.8 Å². The molecule has 20 heavy (non-hydrogen) atoms. The Morgan fingerprint density at radius 2 is 1.95 bits per heavy atom. The predicted molar refractivity (Wildman–Crippen MR) is 88.3 cm³/mol. The number of aliphatic hydroxyl groups is 1. The lowest BCUT2D eigenvalue weighted by Gasteiger charge is -2.04. The highest BCUT2D eigenvalue weighted by Crippen LogP contribution is 2.32. The third-order valence-electron chi connectivity index (χ3n) is 2.92. The normalized spacial score (nSPS) is 10.9. The Bertz CT molecular complexity index is 724. The van der Waals surface area contributed by atoms with E-state index in [0.717, 1.165) is 26.2 Å². The van der Waals surface area contributed by atoms with Crippen LogP contribution in [-0.4, -0.2) is 23.2 Å². The van der Waals surface area contributed by atoms with Gasteiger partial charge in [0.25, 0.3) is 0 Å². The van der Waals surface area contributed by atoms with Crippen molar-refractivity contribution in [3.8, 4) is 10.6 Å². The van der Waals surface area contributed by atoms with Crippen LogP contribution in [0, 0.1) is 0 Å². The maximum Gasteiger partial charge on any atom is 0.124 e. The minimum atomic E-state index is 0.133. The summed E-state index contributed by atoms with van der Waals surface area (Å²) in [6, 6.07) is 14.2. The van der Waals surface area contributed by atoms with E-state index in [0.29, 0.717) is 6.54 Å². The highest BCUT2D eigenvalue weighted by Gasteiger charge is 2.06. The zero-order valence-electron chi connectivity index (χ0n) is 10.6. The summed E-state index contributed by atoms with van der Waals surface area (Å²) < 4.78 is 2.25. The second-order valence-electron chi connectivity index (χ2n) is 4.36. The van der Waals surface area contributed by atoms with Gasteiger partial charge >= 0.3 is 0 Å². The second kappa shape index (κ2) is 5.91. The van der Waals surface area contributed by atoms with E-state index in [2.05, 4.69) is 32.3 Å². The number of benzene rings is 2. The molecule has 0 aliphatic heterocycles. The van der Waals surface area contributed by atoms with Gasteiger partial charge in [0, 0.05) is 22.3 Å². The Balaban J connectivity index is 1.90. The summed E-state index contributed by atoms with van der Waals surface area (Å²) >= 11 is 5.17. The van der Waals surface area contributed by atoms with Crippen LogP contribution < -0.4 is 5.32 Å². The number of hydrogen-bond acceptors (Lipinski definition) is 4. The molecule has 3 nitrogen and oxygen atoms in total. The van der Waals surface area contributed by atoms with Gasteiger partial charge < -0.3 is 10.4 Å². The highest BCUT2D eigenvalue weighted by molar-refractivity contribution is 9.10. The van der Waals surface area contributed by atoms with E-state index in [1.807, 2.05) is 36.4 Å². The number of anilines is 1. The maximum absolute atomic E-state index is 8.79. The van der Waals surface area contributed by atoms with E-state index < -0.39 is 0 Å². The summed E-state index contributed by atoms with van der Waals surface area (Å²) in [6.45, 7) is 0.697. The average molecular weight is 349 g/mol. The summed E-state index contributed by atoms with van der Waals surface area (Å²) in [7, 11) is 0.